The van der Waals surface area contributed by atoms with Crippen LogP contribution in [0.4, 0.5) is 0 Å². The van der Waals surface area contributed by atoms with E-state index in [1.807, 2.05) is 37.6 Å². The van der Waals surface area contributed by atoms with Crippen LogP contribution in [0.2, 0.25) is 0 Å². The molecule has 3 heteroatoms. The average molecular weight is 215 g/mol. The highest BCUT2D eigenvalue weighted by Crippen LogP contribution is 2.21. The number of aromatic nitrogens is 2. The molecule has 0 radical (unpaired) electrons. The monoisotopic (exact) mass is 215 g/mol. The lowest BCUT2D eigenvalue weighted by atomic mass is 9.88. The first kappa shape index (κ1) is 10.9. The normalized spacial score (nSPS) is 14.7. The Morgan fingerprint density at radius 2 is 2.00 bits per heavy atom. The molecule has 0 aliphatic heterocycles. The number of rotatable bonds is 3. The molecule has 84 valence electrons. The van der Waals surface area contributed by atoms with Gasteiger partial charge >= 0.3 is 0 Å². The summed E-state index contributed by atoms with van der Waals surface area (Å²) in [6.45, 7) is 2.05. The molecule has 2 N–H and O–H groups in total. The topological polar surface area (TPSA) is 43.8 Å². The van der Waals surface area contributed by atoms with E-state index < -0.39 is 0 Å². The Hall–Kier alpha value is -1.61. The number of hydrogen-bond donors (Lipinski definition) is 1. The third-order valence-corrected chi connectivity index (χ3v) is 2.76. The molecular formula is C13H17N3. The fourth-order valence-corrected chi connectivity index (χ4v) is 1.91. The van der Waals surface area contributed by atoms with E-state index in [0.717, 1.165) is 17.5 Å². The fraction of sp³-hybridized carbons (Fsp3) is 0.308. The van der Waals surface area contributed by atoms with Crippen LogP contribution >= 0.6 is 0 Å². The number of nitrogens with two attached hydrogens (primary N) is 1. The standard InChI is InChI=1S/C13H17N3/c1-13(14,12-6-4-3-5-7-12)8-11-9-15-16(2)10-11/h3-7,9-10H,8,14H2,1-2H3. The molecule has 16 heavy (non-hydrogen) atoms. The largest absolute Gasteiger partial charge is 0.321 e. The quantitative estimate of drug-likeness (QED) is 0.849. The third-order valence-electron chi connectivity index (χ3n) is 2.76. The molecule has 0 aliphatic rings. The summed E-state index contributed by atoms with van der Waals surface area (Å²) in [4.78, 5) is 0. The van der Waals surface area contributed by atoms with Crippen LogP contribution in [0.15, 0.2) is 42.7 Å². The van der Waals surface area contributed by atoms with Gasteiger partial charge in [0.2, 0.25) is 0 Å². The van der Waals surface area contributed by atoms with Gasteiger partial charge in [-0.15, -0.1) is 0 Å². The minimum Gasteiger partial charge on any atom is -0.321 e. The Labute approximate surface area is 95.9 Å². The molecule has 1 aromatic heterocycles. The van der Waals surface area contributed by atoms with Crippen molar-refractivity contribution in [1.82, 2.24) is 9.78 Å². The van der Waals surface area contributed by atoms with Gasteiger partial charge in [-0.3, -0.25) is 4.68 Å². The van der Waals surface area contributed by atoms with Gasteiger partial charge in [0.05, 0.1) is 6.20 Å². The molecule has 0 spiro atoms. The minimum absolute atomic E-state index is 0.343. The lowest BCUT2D eigenvalue weighted by Crippen LogP contribution is -2.35. The Morgan fingerprint density at radius 1 is 1.31 bits per heavy atom. The molecule has 1 atom stereocenters. The van der Waals surface area contributed by atoms with Crippen molar-refractivity contribution in [3.05, 3.63) is 53.9 Å². The van der Waals surface area contributed by atoms with Gasteiger partial charge in [0.15, 0.2) is 0 Å². The number of aryl methyl sites for hydroxylation is 1. The first-order chi connectivity index (χ1) is 7.58. The molecule has 1 unspecified atom stereocenters. The van der Waals surface area contributed by atoms with E-state index >= 15 is 0 Å². The molecule has 0 saturated carbocycles. The molecule has 0 aliphatic carbocycles. The van der Waals surface area contributed by atoms with E-state index in [4.69, 9.17) is 5.73 Å². The summed E-state index contributed by atoms with van der Waals surface area (Å²) in [7, 11) is 1.92. The van der Waals surface area contributed by atoms with Gasteiger partial charge in [0.25, 0.3) is 0 Å². The highest BCUT2D eigenvalue weighted by atomic mass is 15.2. The van der Waals surface area contributed by atoms with Crippen molar-refractivity contribution in [2.45, 2.75) is 18.9 Å². The Balaban J connectivity index is 2.20. The molecule has 3 nitrogen and oxygen atoms in total. The maximum absolute atomic E-state index is 6.34. The van der Waals surface area contributed by atoms with Gasteiger partial charge < -0.3 is 5.73 Å². The van der Waals surface area contributed by atoms with Crippen molar-refractivity contribution < 1.29 is 0 Å². The van der Waals surface area contributed by atoms with Crippen LogP contribution in [0.1, 0.15) is 18.1 Å². The lowest BCUT2D eigenvalue weighted by Gasteiger charge is -2.24. The predicted octanol–water partition coefficient (Wildman–Crippen LogP) is 1.84. The summed E-state index contributed by atoms with van der Waals surface area (Å²) >= 11 is 0. The zero-order valence-corrected chi connectivity index (χ0v) is 9.72. The predicted molar refractivity (Wildman–Crippen MR) is 64.9 cm³/mol. The van der Waals surface area contributed by atoms with Crippen molar-refractivity contribution in [2.75, 3.05) is 0 Å². The molecular weight excluding hydrogens is 198 g/mol. The molecule has 1 aromatic carbocycles. The highest BCUT2D eigenvalue weighted by molar-refractivity contribution is 5.25. The van der Waals surface area contributed by atoms with Crippen molar-refractivity contribution in [2.24, 2.45) is 12.8 Å². The van der Waals surface area contributed by atoms with Crippen LogP contribution in [0.5, 0.6) is 0 Å². The van der Waals surface area contributed by atoms with Crippen LogP contribution in [-0.4, -0.2) is 9.78 Å². The summed E-state index contributed by atoms with van der Waals surface area (Å²) in [6, 6.07) is 10.2. The van der Waals surface area contributed by atoms with Crippen LogP contribution in [0.3, 0.4) is 0 Å². The molecule has 2 aromatic rings. The summed E-state index contributed by atoms with van der Waals surface area (Å²) in [5, 5.41) is 4.16. The fourth-order valence-electron chi connectivity index (χ4n) is 1.91. The van der Waals surface area contributed by atoms with Crippen molar-refractivity contribution in [1.29, 1.82) is 0 Å². The summed E-state index contributed by atoms with van der Waals surface area (Å²) in [5.41, 5.74) is 8.31. The van der Waals surface area contributed by atoms with Crippen LogP contribution in [-0.2, 0) is 19.0 Å². The van der Waals surface area contributed by atoms with Crippen LogP contribution in [0, 0.1) is 0 Å². The highest BCUT2D eigenvalue weighted by Gasteiger charge is 2.21. The van der Waals surface area contributed by atoms with Gasteiger partial charge in [-0.05, 0) is 24.5 Å². The Morgan fingerprint density at radius 3 is 2.56 bits per heavy atom. The van der Waals surface area contributed by atoms with E-state index in [1.165, 1.54) is 0 Å². The van der Waals surface area contributed by atoms with E-state index in [9.17, 15) is 0 Å². The van der Waals surface area contributed by atoms with Crippen molar-refractivity contribution in [3.63, 3.8) is 0 Å². The lowest BCUT2D eigenvalue weighted by molar-refractivity contribution is 0.491. The SMILES string of the molecule is Cn1cc(CC(C)(N)c2ccccc2)cn1. The molecule has 1 heterocycles. The third kappa shape index (κ3) is 2.31. The van der Waals surface area contributed by atoms with Crippen molar-refractivity contribution >= 4 is 0 Å². The number of hydrogen-bond acceptors (Lipinski definition) is 2. The first-order valence-electron chi connectivity index (χ1n) is 5.40. The minimum atomic E-state index is -0.343. The van der Waals surface area contributed by atoms with E-state index in [-0.39, 0.29) is 5.54 Å². The molecule has 0 amide bonds. The molecule has 0 saturated heterocycles. The second-order valence-electron chi connectivity index (χ2n) is 4.48. The van der Waals surface area contributed by atoms with Crippen molar-refractivity contribution in [3.8, 4) is 0 Å². The van der Waals surface area contributed by atoms with E-state index in [0.29, 0.717) is 0 Å². The number of benzene rings is 1. The Bertz CT molecular complexity index is 457. The van der Waals surface area contributed by atoms with Gasteiger partial charge in [0.1, 0.15) is 0 Å². The van der Waals surface area contributed by atoms with Gasteiger partial charge in [-0.25, -0.2) is 0 Å². The maximum atomic E-state index is 6.34. The van der Waals surface area contributed by atoms with E-state index in [2.05, 4.69) is 24.2 Å². The smallest absolute Gasteiger partial charge is 0.0522 e. The summed E-state index contributed by atoms with van der Waals surface area (Å²) in [6.07, 6.45) is 4.67. The van der Waals surface area contributed by atoms with Gasteiger partial charge in [-0.1, -0.05) is 30.3 Å². The second kappa shape index (κ2) is 4.10. The average Bonchev–Trinajstić information content (AvgIpc) is 2.64. The van der Waals surface area contributed by atoms with Crippen LogP contribution in [0.25, 0.3) is 0 Å². The zero-order valence-electron chi connectivity index (χ0n) is 9.72. The molecule has 2 rings (SSSR count). The summed E-state index contributed by atoms with van der Waals surface area (Å²) in [5.74, 6) is 0. The van der Waals surface area contributed by atoms with Crippen LogP contribution < -0.4 is 5.73 Å². The summed E-state index contributed by atoms with van der Waals surface area (Å²) < 4.78 is 1.80. The van der Waals surface area contributed by atoms with Gasteiger partial charge in [-0.2, -0.15) is 5.10 Å². The maximum Gasteiger partial charge on any atom is 0.0522 e. The first-order valence-corrected chi connectivity index (χ1v) is 5.40. The van der Waals surface area contributed by atoms with E-state index in [1.54, 1.807) is 4.68 Å². The molecule has 0 bridgehead atoms. The zero-order chi connectivity index (χ0) is 11.6. The number of nitrogens with zero attached hydrogens (tertiary/aromatic N) is 2. The molecule has 0 fully saturated rings. The van der Waals surface area contributed by atoms with Gasteiger partial charge in [0, 0.05) is 18.8 Å². The second-order valence-corrected chi connectivity index (χ2v) is 4.48. The Kier molecular flexibility index (Phi) is 2.79.